The molecule has 0 aromatic carbocycles. The maximum atomic E-state index is 9.44. The molecule has 15 heavy (non-hydrogen) atoms. The summed E-state index contributed by atoms with van der Waals surface area (Å²) < 4.78 is 5.49. The zero-order valence-electron chi connectivity index (χ0n) is 8.65. The first-order valence-electron chi connectivity index (χ1n) is 5.34. The molecule has 82 valence electrons. The van der Waals surface area contributed by atoms with Crippen LogP contribution in [0, 0.1) is 5.92 Å². The average molecular weight is 208 g/mol. The molecule has 1 aromatic rings. The fourth-order valence-electron chi connectivity index (χ4n) is 1.74. The van der Waals surface area contributed by atoms with Gasteiger partial charge in [0.05, 0.1) is 6.61 Å². The van der Waals surface area contributed by atoms with E-state index in [4.69, 9.17) is 4.74 Å². The monoisotopic (exact) mass is 208 g/mol. The van der Waals surface area contributed by atoms with Crippen molar-refractivity contribution in [3.8, 4) is 11.6 Å². The number of aromatic hydroxyl groups is 1. The van der Waals surface area contributed by atoms with Crippen LogP contribution in [0.3, 0.4) is 0 Å². The van der Waals surface area contributed by atoms with Gasteiger partial charge in [0, 0.05) is 6.20 Å². The van der Waals surface area contributed by atoms with E-state index in [-0.39, 0.29) is 5.75 Å². The van der Waals surface area contributed by atoms with Crippen molar-refractivity contribution in [1.82, 2.24) is 10.3 Å². The lowest BCUT2D eigenvalue weighted by Gasteiger charge is -2.22. The summed E-state index contributed by atoms with van der Waals surface area (Å²) in [6, 6.07) is 3.28. The van der Waals surface area contributed by atoms with Gasteiger partial charge in [-0.25, -0.2) is 4.98 Å². The number of nitrogens with zero attached hydrogens (tertiary/aromatic N) is 1. The number of piperidine rings is 1. The molecule has 0 saturated carbocycles. The quantitative estimate of drug-likeness (QED) is 0.782. The van der Waals surface area contributed by atoms with Crippen LogP contribution in [-0.4, -0.2) is 29.8 Å². The molecule has 0 unspecified atom stereocenters. The van der Waals surface area contributed by atoms with Crippen LogP contribution in [0.2, 0.25) is 0 Å². The Labute approximate surface area is 89.3 Å². The molecule has 0 radical (unpaired) electrons. The highest BCUT2D eigenvalue weighted by Crippen LogP contribution is 2.22. The second kappa shape index (κ2) is 4.98. The van der Waals surface area contributed by atoms with Gasteiger partial charge < -0.3 is 15.2 Å². The van der Waals surface area contributed by atoms with Crippen molar-refractivity contribution >= 4 is 0 Å². The Morgan fingerprint density at radius 3 is 3.00 bits per heavy atom. The topological polar surface area (TPSA) is 54.4 Å². The molecule has 2 rings (SSSR count). The van der Waals surface area contributed by atoms with Crippen molar-refractivity contribution in [2.75, 3.05) is 19.7 Å². The SMILES string of the molecule is Oc1cccnc1OCC1CCNCC1. The summed E-state index contributed by atoms with van der Waals surface area (Å²) in [6.45, 7) is 2.76. The lowest BCUT2D eigenvalue weighted by molar-refractivity contribution is 0.202. The third-order valence-electron chi connectivity index (χ3n) is 2.67. The molecule has 0 atom stereocenters. The van der Waals surface area contributed by atoms with E-state index < -0.39 is 0 Å². The van der Waals surface area contributed by atoms with Gasteiger partial charge in [-0.2, -0.15) is 0 Å². The third kappa shape index (κ3) is 2.83. The largest absolute Gasteiger partial charge is 0.503 e. The van der Waals surface area contributed by atoms with Gasteiger partial charge >= 0.3 is 0 Å². The summed E-state index contributed by atoms with van der Waals surface area (Å²) in [7, 11) is 0. The molecule has 4 heteroatoms. The van der Waals surface area contributed by atoms with Gasteiger partial charge in [-0.15, -0.1) is 0 Å². The second-order valence-electron chi connectivity index (χ2n) is 3.83. The Morgan fingerprint density at radius 2 is 2.27 bits per heavy atom. The summed E-state index contributed by atoms with van der Waals surface area (Å²) in [5.74, 6) is 1.04. The third-order valence-corrected chi connectivity index (χ3v) is 2.67. The molecule has 0 spiro atoms. The fourth-order valence-corrected chi connectivity index (χ4v) is 1.74. The van der Waals surface area contributed by atoms with E-state index in [0.717, 1.165) is 25.9 Å². The highest BCUT2D eigenvalue weighted by molar-refractivity contribution is 5.30. The van der Waals surface area contributed by atoms with Crippen LogP contribution in [0.4, 0.5) is 0 Å². The van der Waals surface area contributed by atoms with Crippen molar-refractivity contribution in [2.24, 2.45) is 5.92 Å². The van der Waals surface area contributed by atoms with Crippen LogP contribution in [0.5, 0.6) is 11.6 Å². The lowest BCUT2D eigenvalue weighted by atomic mass is 9.99. The smallest absolute Gasteiger partial charge is 0.256 e. The molecule has 2 heterocycles. The Kier molecular flexibility index (Phi) is 3.40. The molecule has 1 saturated heterocycles. The number of nitrogens with one attached hydrogen (secondary N) is 1. The Morgan fingerprint density at radius 1 is 1.47 bits per heavy atom. The van der Waals surface area contributed by atoms with Crippen LogP contribution < -0.4 is 10.1 Å². The molecule has 2 N–H and O–H groups in total. The Balaban J connectivity index is 1.84. The standard InChI is InChI=1S/C11H16N2O2/c14-10-2-1-5-13-11(10)15-8-9-3-6-12-7-4-9/h1-2,5,9,12,14H,3-4,6-8H2. The lowest BCUT2D eigenvalue weighted by Crippen LogP contribution is -2.30. The van der Waals surface area contributed by atoms with Crippen molar-refractivity contribution in [3.05, 3.63) is 18.3 Å². The van der Waals surface area contributed by atoms with E-state index >= 15 is 0 Å². The zero-order chi connectivity index (χ0) is 10.5. The van der Waals surface area contributed by atoms with E-state index in [1.165, 1.54) is 0 Å². The predicted octanol–water partition coefficient (Wildman–Crippen LogP) is 1.17. The molecule has 0 bridgehead atoms. The summed E-state index contributed by atoms with van der Waals surface area (Å²) in [4.78, 5) is 3.97. The fraction of sp³-hybridized carbons (Fsp3) is 0.545. The van der Waals surface area contributed by atoms with E-state index in [1.54, 1.807) is 18.3 Å². The number of ether oxygens (including phenoxy) is 1. The molecule has 1 aliphatic heterocycles. The first-order valence-corrected chi connectivity index (χ1v) is 5.34. The second-order valence-corrected chi connectivity index (χ2v) is 3.83. The first-order chi connectivity index (χ1) is 7.36. The van der Waals surface area contributed by atoms with E-state index in [9.17, 15) is 5.11 Å². The van der Waals surface area contributed by atoms with Gasteiger partial charge in [0.25, 0.3) is 5.88 Å². The van der Waals surface area contributed by atoms with E-state index in [0.29, 0.717) is 18.4 Å². The molecule has 0 amide bonds. The average Bonchev–Trinajstić information content (AvgIpc) is 2.29. The molecule has 1 fully saturated rings. The van der Waals surface area contributed by atoms with Crippen LogP contribution >= 0.6 is 0 Å². The Bertz CT molecular complexity index is 311. The minimum Gasteiger partial charge on any atom is -0.503 e. The van der Waals surface area contributed by atoms with E-state index in [1.807, 2.05) is 0 Å². The van der Waals surface area contributed by atoms with Gasteiger partial charge in [0.15, 0.2) is 5.75 Å². The maximum absolute atomic E-state index is 9.44. The van der Waals surface area contributed by atoms with Gasteiger partial charge in [-0.1, -0.05) is 0 Å². The first kappa shape index (κ1) is 10.2. The summed E-state index contributed by atoms with van der Waals surface area (Å²) in [5, 5.41) is 12.7. The van der Waals surface area contributed by atoms with Crippen molar-refractivity contribution in [2.45, 2.75) is 12.8 Å². The van der Waals surface area contributed by atoms with Gasteiger partial charge in [-0.05, 0) is 44.0 Å². The van der Waals surface area contributed by atoms with Crippen LogP contribution in [0.1, 0.15) is 12.8 Å². The van der Waals surface area contributed by atoms with Gasteiger partial charge in [-0.3, -0.25) is 0 Å². The van der Waals surface area contributed by atoms with E-state index in [2.05, 4.69) is 10.3 Å². The summed E-state index contributed by atoms with van der Waals surface area (Å²) >= 11 is 0. The maximum Gasteiger partial charge on any atom is 0.256 e. The summed E-state index contributed by atoms with van der Waals surface area (Å²) in [5.41, 5.74) is 0. The van der Waals surface area contributed by atoms with Crippen molar-refractivity contribution in [3.63, 3.8) is 0 Å². The predicted molar refractivity (Wildman–Crippen MR) is 57.0 cm³/mol. The molecule has 1 aromatic heterocycles. The van der Waals surface area contributed by atoms with Gasteiger partial charge in [0.1, 0.15) is 0 Å². The van der Waals surface area contributed by atoms with Gasteiger partial charge in [0.2, 0.25) is 0 Å². The van der Waals surface area contributed by atoms with Crippen molar-refractivity contribution in [1.29, 1.82) is 0 Å². The number of rotatable bonds is 3. The highest BCUT2D eigenvalue weighted by atomic mass is 16.5. The number of aromatic nitrogens is 1. The highest BCUT2D eigenvalue weighted by Gasteiger charge is 2.14. The zero-order valence-corrected chi connectivity index (χ0v) is 8.65. The van der Waals surface area contributed by atoms with Crippen LogP contribution in [0.15, 0.2) is 18.3 Å². The number of hydrogen-bond acceptors (Lipinski definition) is 4. The van der Waals surface area contributed by atoms with Crippen LogP contribution in [0.25, 0.3) is 0 Å². The van der Waals surface area contributed by atoms with Crippen molar-refractivity contribution < 1.29 is 9.84 Å². The molecule has 0 aliphatic carbocycles. The summed E-state index contributed by atoms with van der Waals surface area (Å²) in [6.07, 6.45) is 3.89. The molecule has 4 nitrogen and oxygen atoms in total. The van der Waals surface area contributed by atoms with Crippen LogP contribution in [-0.2, 0) is 0 Å². The normalized spacial score (nSPS) is 17.6. The molecular weight excluding hydrogens is 192 g/mol. The molecular formula is C11H16N2O2. The minimum atomic E-state index is 0.117. The minimum absolute atomic E-state index is 0.117. The molecule has 1 aliphatic rings. The Hall–Kier alpha value is -1.29. The number of hydrogen-bond donors (Lipinski definition) is 2. The number of pyridine rings is 1.